The quantitative estimate of drug-likeness (QED) is 0.0373. The summed E-state index contributed by atoms with van der Waals surface area (Å²) in [6.45, 7) is 27.7. The second-order valence-corrected chi connectivity index (χ2v) is 35.4. The molecule has 4 aliphatic rings. The number of nitrogens with zero attached hydrogens (tertiary/aromatic N) is 4. The van der Waals surface area contributed by atoms with E-state index < -0.39 is 105 Å². The lowest BCUT2D eigenvalue weighted by molar-refractivity contribution is -0.155. The van der Waals surface area contributed by atoms with Gasteiger partial charge in [0.25, 0.3) is 26.0 Å². The molecule has 112 heavy (non-hydrogen) atoms. The van der Waals surface area contributed by atoms with Crippen LogP contribution in [0.2, 0.25) is 0 Å². The van der Waals surface area contributed by atoms with Crippen molar-refractivity contribution >= 4 is 77.4 Å². The van der Waals surface area contributed by atoms with E-state index >= 15 is 0 Å². The number of ether oxygens (including phenoxy) is 3. The summed E-state index contributed by atoms with van der Waals surface area (Å²) in [6, 6.07) is 35.6. The molecule has 616 valence electrons. The van der Waals surface area contributed by atoms with Gasteiger partial charge in [-0.15, -0.1) is 4.48 Å². The first-order valence-corrected chi connectivity index (χ1v) is 40.2. The van der Waals surface area contributed by atoms with E-state index in [0.717, 1.165) is 64.3 Å². The summed E-state index contributed by atoms with van der Waals surface area (Å²) in [5.41, 5.74) is 0.376. The van der Waals surface area contributed by atoms with Crippen LogP contribution in [0.1, 0.15) is 176 Å². The molecular formula is C82H103BrF9N5O13S2. The Balaban J connectivity index is 0.000000279. The Labute approximate surface area is 660 Å². The molecule has 0 aliphatic carbocycles. The first-order chi connectivity index (χ1) is 52.1. The Kier molecular flexibility index (Phi) is 38.1. The number of nitrogens with one attached hydrogen (secondary N) is 1. The van der Waals surface area contributed by atoms with Crippen molar-refractivity contribution in [3.8, 4) is 0 Å². The molecule has 4 amide bonds. The number of hydrogen-bond acceptors (Lipinski definition) is 15. The van der Waals surface area contributed by atoms with Gasteiger partial charge >= 0.3 is 18.2 Å². The molecule has 10 atom stereocenters. The maximum absolute atomic E-state index is 14.1. The molecule has 1 N–H and O–H groups in total. The molecule has 30 heteroatoms. The highest BCUT2D eigenvalue weighted by atomic mass is 79.9. The fraction of sp³-hybridized carbons (Fsp3) is 0.476. The number of Topliss-reactive ketones (excluding diaryl/α,β-unsaturated/α-hetero) is 1. The zero-order valence-corrected chi connectivity index (χ0v) is 68.7. The molecule has 4 heterocycles. The van der Waals surface area contributed by atoms with Gasteiger partial charge in [-0.2, -0.15) is 0 Å². The van der Waals surface area contributed by atoms with Gasteiger partial charge in [0.15, 0.2) is 18.1 Å². The average Bonchev–Trinajstić information content (AvgIpc) is 0.776. The van der Waals surface area contributed by atoms with E-state index in [1.54, 1.807) is 113 Å². The molecule has 6 aromatic carbocycles. The molecule has 0 radical (unpaired) electrons. The minimum Gasteiger partial charge on any atom is -0.460 e. The third-order valence-corrected chi connectivity index (χ3v) is 20.8. The maximum Gasteiger partial charge on any atom is 0.417 e. The van der Waals surface area contributed by atoms with Gasteiger partial charge in [-0.25, -0.2) is 71.3 Å². The Bertz CT molecular complexity index is 4150. The number of likely N-dealkylation sites (tertiary alicyclic amines) is 2. The van der Waals surface area contributed by atoms with Crippen molar-refractivity contribution in [2.24, 2.45) is 34.6 Å². The normalized spacial score (nSPS) is 20.4. The van der Waals surface area contributed by atoms with Gasteiger partial charge < -0.3 is 19.5 Å². The smallest absolute Gasteiger partial charge is 0.417 e. The lowest BCUT2D eigenvalue weighted by Crippen LogP contribution is -2.50. The molecular weight excluding hydrogens is 1580 g/mol. The maximum atomic E-state index is 14.1. The van der Waals surface area contributed by atoms with Crippen LogP contribution in [-0.4, -0.2) is 140 Å². The second-order valence-electron chi connectivity index (χ2n) is 30.7. The summed E-state index contributed by atoms with van der Waals surface area (Å²) in [5.74, 6) is -2.28. The highest BCUT2D eigenvalue weighted by Crippen LogP contribution is 2.31. The third kappa shape index (κ3) is 33.8. The predicted molar refractivity (Wildman–Crippen MR) is 414 cm³/mol. The third-order valence-electron chi connectivity index (χ3n) is 16.6. The molecule has 18 nitrogen and oxygen atoms in total. The number of benzene rings is 6. The van der Waals surface area contributed by atoms with Crippen molar-refractivity contribution in [1.29, 1.82) is 0 Å². The summed E-state index contributed by atoms with van der Waals surface area (Å²) in [7, 11) is -9.53. The Morgan fingerprint density at radius 2 is 1.02 bits per heavy atom. The van der Waals surface area contributed by atoms with Gasteiger partial charge in [0, 0.05) is 42.5 Å². The summed E-state index contributed by atoms with van der Waals surface area (Å²) in [4.78, 5) is 75.2. The molecule has 3 fully saturated rings. The van der Waals surface area contributed by atoms with Gasteiger partial charge in [0.1, 0.15) is 52.4 Å². The highest BCUT2D eigenvalue weighted by Gasteiger charge is 2.40. The van der Waals surface area contributed by atoms with Crippen LogP contribution >= 0.6 is 15.9 Å². The van der Waals surface area contributed by atoms with Crippen LogP contribution in [0.25, 0.3) is 0 Å². The number of carbonyl (C=O) groups excluding carboxylic acids is 6. The topological polar surface area (TPSA) is 232 Å². The van der Waals surface area contributed by atoms with E-state index in [4.69, 9.17) is 14.2 Å². The van der Waals surface area contributed by atoms with Crippen LogP contribution < -0.4 is 5.32 Å². The van der Waals surface area contributed by atoms with Crippen LogP contribution in [0.3, 0.4) is 0 Å². The minimum absolute atomic E-state index is 0.0268. The van der Waals surface area contributed by atoms with Crippen LogP contribution in [-0.2, 0) is 48.6 Å². The average molecular weight is 1680 g/mol. The molecule has 0 spiro atoms. The predicted octanol–water partition coefficient (Wildman–Crippen LogP) is 19.2. The molecule has 0 bridgehead atoms. The van der Waals surface area contributed by atoms with E-state index in [2.05, 4.69) is 26.2 Å². The summed E-state index contributed by atoms with van der Waals surface area (Å²) >= 11 is 3.18. The number of sulfonamides is 2. The standard InChI is InChI=1S/C18H24F2O3.C12H15F2N.C12H13F2N.C12H10FNO4S2.C11H18FNO3.C11H19NO3.C6H4BrF/c1-12(5-10-16(21)23-18(2,3)4)11-15(20)17(22)13-6-8-14(19)9-7-13;2*1-8-6-11(14)12(15-7-8)9-2-4-10(13)5-3-9;13-14(19(15,16)11-7-3-1-4-8-11)20(17,18)12-9-5-2-6-10-12;1-7-5-8(12)9(14)13(6-7)10(15)16-11(2,3)4;1-8-5-6-9(13)12(7-8)10(14)15-11(2,3)4;7-5-1-3-6(8)4-2-5/h6-9,12,15H,5,10-11H2,1-4H3;2-5,8,11-12,15H,6-7H2,1H3;2-5,8,11H,6-7H2,1H3;1-10H;7-8H,5-6H2,1-4H3;8H,5-7H2,1-4H3;1-4H/t;8-,11?,12-;;;;;/m.0...../s1. The van der Waals surface area contributed by atoms with Crippen LogP contribution in [0.5, 0.6) is 0 Å². The highest BCUT2D eigenvalue weighted by molar-refractivity contribution is 9.10. The number of alkyl halides is 4. The molecule has 4 aliphatic heterocycles. The van der Waals surface area contributed by atoms with Gasteiger partial charge in [0.2, 0.25) is 5.91 Å². The number of halogens is 10. The largest absolute Gasteiger partial charge is 0.460 e. The lowest BCUT2D eigenvalue weighted by Gasteiger charge is -2.32. The zero-order valence-electron chi connectivity index (χ0n) is 65.5. The molecule has 8 unspecified atom stereocenters. The molecule has 3 saturated heterocycles. The number of amides is 4. The van der Waals surface area contributed by atoms with E-state index in [0.29, 0.717) is 67.8 Å². The van der Waals surface area contributed by atoms with Crippen molar-refractivity contribution in [2.75, 3.05) is 26.2 Å². The van der Waals surface area contributed by atoms with Crippen LogP contribution in [0.4, 0.5) is 49.2 Å². The Morgan fingerprint density at radius 3 is 1.47 bits per heavy atom. The monoisotopic (exact) mass is 1680 g/mol. The SMILES string of the molecule is CC(CCC(=O)OC(C)(C)C)CC(F)C(=O)c1ccc(F)cc1.CC1CC(F)C(=O)N(C(=O)OC(C)(C)C)C1.CC1CCC(=O)N(C(=O)OC(C)(C)C)C1.CC1CN=C(c2ccc(F)cc2)C(F)C1.C[C@@H]1CN[C@@H](c2ccc(F)cc2)C(F)C1.Fc1ccc(Br)cc1.O=S(=O)(c1ccccc1)N(F)S(=O)(=O)c1ccccc1. The number of hydrogen-bond donors (Lipinski definition) is 1. The number of imide groups is 2. The number of carbonyl (C=O) groups is 6. The fourth-order valence-corrected chi connectivity index (χ4v) is 14.1. The van der Waals surface area contributed by atoms with Crippen molar-refractivity contribution < 1.29 is 99.4 Å². The minimum atomic E-state index is -4.77. The summed E-state index contributed by atoms with van der Waals surface area (Å²) < 4.78 is 182. The van der Waals surface area contributed by atoms with E-state index in [1.165, 1.54) is 89.8 Å². The molecule has 10 rings (SSSR count). The molecule has 6 aromatic rings. The van der Waals surface area contributed by atoms with Crippen molar-refractivity contribution in [2.45, 2.75) is 206 Å². The van der Waals surface area contributed by atoms with Crippen molar-refractivity contribution in [1.82, 2.24) is 19.0 Å². The summed E-state index contributed by atoms with van der Waals surface area (Å²) in [5, 5.41) is 3.16. The van der Waals surface area contributed by atoms with E-state index in [-0.39, 0.29) is 78.6 Å². The van der Waals surface area contributed by atoms with Gasteiger partial charge in [0.05, 0.1) is 25.5 Å². The second kappa shape index (κ2) is 44.4. The van der Waals surface area contributed by atoms with Crippen molar-refractivity contribution in [3.05, 3.63) is 202 Å². The van der Waals surface area contributed by atoms with Crippen LogP contribution in [0.15, 0.2) is 177 Å². The number of rotatable bonds is 13. The van der Waals surface area contributed by atoms with Gasteiger partial charge in [-0.3, -0.25) is 24.2 Å². The fourth-order valence-electron chi connectivity index (χ4n) is 11.0. The number of piperidine rings is 3. The van der Waals surface area contributed by atoms with Crippen molar-refractivity contribution in [3.63, 3.8) is 0 Å². The first kappa shape index (κ1) is 96.1. The number of aliphatic imine (C=N–C) groups is 1. The molecule has 0 aromatic heterocycles. The van der Waals surface area contributed by atoms with E-state index in [9.17, 15) is 85.2 Å². The van der Waals surface area contributed by atoms with E-state index in [1.807, 2.05) is 20.8 Å². The first-order valence-electron chi connectivity index (χ1n) is 36.5. The summed E-state index contributed by atoms with van der Waals surface area (Å²) in [6.07, 6.45) is -3.17. The molecule has 0 saturated carbocycles. The number of ketones is 1. The zero-order chi connectivity index (χ0) is 84.2. The Morgan fingerprint density at radius 1 is 0.580 bits per heavy atom. The van der Waals surface area contributed by atoms with Crippen LogP contribution in [0, 0.1) is 52.9 Å². The lowest BCUT2D eigenvalue weighted by atomic mass is 9.90. The Hall–Kier alpha value is -8.32. The van der Waals surface area contributed by atoms with Gasteiger partial charge in [-0.05, 0) is 245 Å². The van der Waals surface area contributed by atoms with Gasteiger partial charge in [-0.1, -0.05) is 111 Å². The number of esters is 1.